The molecule has 1 atom stereocenters. The molecular formula is C14H22N2O4. The van der Waals surface area contributed by atoms with E-state index in [1.54, 1.807) is 21.3 Å². The monoisotopic (exact) mass is 282 g/mol. The van der Waals surface area contributed by atoms with Crippen LogP contribution in [0.2, 0.25) is 0 Å². The van der Waals surface area contributed by atoms with E-state index in [0.717, 1.165) is 5.56 Å². The van der Waals surface area contributed by atoms with Crippen molar-refractivity contribution >= 4 is 5.91 Å². The molecule has 0 fully saturated rings. The van der Waals surface area contributed by atoms with Crippen LogP contribution in [0.1, 0.15) is 18.9 Å². The van der Waals surface area contributed by atoms with E-state index in [1.165, 1.54) is 0 Å². The van der Waals surface area contributed by atoms with E-state index in [4.69, 9.17) is 19.9 Å². The molecule has 0 aromatic heterocycles. The number of primary amides is 1. The highest BCUT2D eigenvalue weighted by atomic mass is 16.5. The molecule has 0 spiro atoms. The summed E-state index contributed by atoms with van der Waals surface area (Å²) in [7, 11) is 4.71. The van der Waals surface area contributed by atoms with Crippen molar-refractivity contribution in [1.82, 2.24) is 5.32 Å². The molecule has 0 aliphatic rings. The largest absolute Gasteiger partial charge is 0.493 e. The van der Waals surface area contributed by atoms with E-state index in [2.05, 4.69) is 5.32 Å². The standard InChI is InChI=1S/C14H22N2O4/c1-9(5-13(15)17)16-8-10-6-11(18-2)14(20-4)12(7-10)19-3/h6-7,9,16H,5,8H2,1-4H3,(H2,15,17). The van der Waals surface area contributed by atoms with Gasteiger partial charge in [-0.2, -0.15) is 0 Å². The molecule has 1 amide bonds. The molecule has 1 rings (SSSR count). The number of benzene rings is 1. The van der Waals surface area contributed by atoms with Gasteiger partial charge < -0.3 is 25.3 Å². The van der Waals surface area contributed by atoms with Crippen molar-refractivity contribution in [3.8, 4) is 17.2 Å². The lowest BCUT2D eigenvalue weighted by molar-refractivity contribution is -0.118. The first-order valence-corrected chi connectivity index (χ1v) is 6.32. The summed E-state index contributed by atoms with van der Waals surface area (Å²) < 4.78 is 15.8. The molecule has 0 radical (unpaired) electrons. The molecule has 0 aliphatic carbocycles. The fourth-order valence-corrected chi connectivity index (χ4v) is 1.90. The maximum Gasteiger partial charge on any atom is 0.218 e. The summed E-state index contributed by atoms with van der Waals surface area (Å²) in [6, 6.07) is 3.74. The predicted octanol–water partition coefficient (Wildman–Crippen LogP) is 1.07. The van der Waals surface area contributed by atoms with Gasteiger partial charge in [0.15, 0.2) is 11.5 Å². The molecule has 0 heterocycles. The quantitative estimate of drug-likeness (QED) is 0.745. The van der Waals surface area contributed by atoms with Crippen LogP contribution < -0.4 is 25.3 Å². The summed E-state index contributed by atoms with van der Waals surface area (Å²) in [6.07, 6.45) is 0.296. The summed E-state index contributed by atoms with van der Waals surface area (Å²) in [4.78, 5) is 10.8. The number of rotatable bonds is 8. The molecule has 20 heavy (non-hydrogen) atoms. The number of nitrogens with two attached hydrogens (primary N) is 1. The van der Waals surface area contributed by atoms with Crippen molar-refractivity contribution in [2.24, 2.45) is 5.73 Å². The van der Waals surface area contributed by atoms with Crippen molar-refractivity contribution in [3.63, 3.8) is 0 Å². The van der Waals surface area contributed by atoms with Gasteiger partial charge in [0.2, 0.25) is 11.7 Å². The average molecular weight is 282 g/mol. The van der Waals surface area contributed by atoms with E-state index in [0.29, 0.717) is 30.2 Å². The van der Waals surface area contributed by atoms with Gasteiger partial charge in [-0.15, -0.1) is 0 Å². The Kier molecular flexibility index (Phi) is 6.11. The second kappa shape index (κ2) is 7.59. The Morgan fingerprint density at radius 1 is 1.20 bits per heavy atom. The minimum atomic E-state index is -0.324. The number of ether oxygens (including phenoxy) is 3. The molecule has 1 unspecified atom stereocenters. The molecule has 0 aliphatic heterocycles. The first kappa shape index (κ1) is 16.1. The van der Waals surface area contributed by atoms with Gasteiger partial charge in [0.1, 0.15) is 0 Å². The van der Waals surface area contributed by atoms with Gasteiger partial charge in [-0.05, 0) is 24.6 Å². The van der Waals surface area contributed by atoms with Crippen molar-refractivity contribution in [3.05, 3.63) is 17.7 Å². The van der Waals surface area contributed by atoms with Gasteiger partial charge in [0.05, 0.1) is 21.3 Å². The van der Waals surface area contributed by atoms with Crippen molar-refractivity contribution < 1.29 is 19.0 Å². The van der Waals surface area contributed by atoms with E-state index in [-0.39, 0.29) is 11.9 Å². The summed E-state index contributed by atoms with van der Waals surface area (Å²) >= 11 is 0. The van der Waals surface area contributed by atoms with Gasteiger partial charge >= 0.3 is 0 Å². The number of methoxy groups -OCH3 is 3. The average Bonchev–Trinajstić information content (AvgIpc) is 2.42. The molecule has 1 aromatic carbocycles. The number of nitrogens with one attached hydrogen (secondary N) is 1. The Labute approximate surface area is 119 Å². The van der Waals surface area contributed by atoms with Gasteiger partial charge in [0.25, 0.3) is 0 Å². The Hall–Kier alpha value is -1.95. The van der Waals surface area contributed by atoms with Crippen LogP contribution in [0.3, 0.4) is 0 Å². The Balaban J connectivity index is 2.83. The van der Waals surface area contributed by atoms with Crippen LogP contribution in [0, 0.1) is 0 Å². The second-order valence-corrected chi connectivity index (χ2v) is 4.49. The SMILES string of the molecule is COc1cc(CNC(C)CC(N)=O)cc(OC)c1OC. The highest BCUT2D eigenvalue weighted by Crippen LogP contribution is 2.38. The normalized spacial score (nSPS) is 11.8. The highest BCUT2D eigenvalue weighted by molar-refractivity contribution is 5.74. The zero-order valence-electron chi connectivity index (χ0n) is 12.4. The summed E-state index contributed by atoms with van der Waals surface area (Å²) in [5, 5.41) is 3.22. The molecule has 3 N–H and O–H groups in total. The Bertz CT molecular complexity index is 437. The molecule has 1 aromatic rings. The van der Waals surface area contributed by atoms with Crippen LogP contribution >= 0.6 is 0 Å². The first-order chi connectivity index (χ1) is 9.51. The number of carbonyl (C=O) groups excluding carboxylic acids is 1. The number of amides is 1. The molecule has 6 nitrogen and oxygen atoms in total. The minimum Gasteiger partial charge on any atom is -0.493 e. The third-order valence-corrected chi connectivity index (χ3v) is 2.89. The number of hydrogen-bond donors (Lipinski definition) is 2. The van der Waals surface area contributed by atoms with Crippen LogP contribution in [0.15, 0.2) is 12.1 Å². The van der Waals surface area contributed by atoms with Crippen molar-refractivity contribution in [2.45, 2.75) is 25.9 Å². The molecular weight excluding hydrogens is 260 g/mol. The lowest BCUT2D eigenvalue weighted by atomic mass is 10.1. The zero-order chi connectivity index (χ0) is 15.1. The van der Waals surface area contributed by atoms with Crippen LogP contribution in [-0.4, -0.2) is 33.3 Å². The lowest BCUT2D eigenvalue weighted by Gasteiger charge is -2.16. The molecule has 112 valence electrons. The van der Waals surface area contributed by atoms with Gasteiger partial charge in [-0.1, -0.05) is 0 Å². The zero-order valence-corrected chi connectivity index (χ0v) is 12.4. The summed E-state index contributed by atoms with van der Waals surface area (Å²) in [6.45, 7) is 2.48. The maximum atomic E-state index is 10.8. The van der Waals surface area contributed by atoms with E-state index in [1.807, 2.05) is 19.1 Å². The Morgan fingerprint density at radius 2 is 1.75 bits per heavy atom. The topological polar surface area (TPSA) is 82.8 Å². The highest BCUT2D eigenvalue weighted by Gasteiger charge is 2.13. The molecule has 0 saturated carbocycles. The lowest BCUT2D eigenvalue weighted by Crippen LogP contribution is -2.30. The molecule has 0 saturated heterocycles. The van der Waals surface area contributed by atoms with E-state index in [9.17, 15) is 4.79 Å². The smallest absolute Gasteiger partial charge is 0.218 e. The Morgan fingerprint density at radius 3 is 2.15 bits per heavy atom. The fourth-order valence-electron chi connectivity index (χ4n) is 1.90. The van der Waals surface area contributed by atoms with E-state index >= 15 is 0 Å². The van der Waals surface area contributed by atoms with E-state index < -0.39 is 0 Å². The number of hydrogen-bond acceptors (Lipinski definition) is 5. The summed E-state index contributed by atoms with van der Waals surface area (Å²) in [5.74, 6) is 1.44. The maximum absolute atomic E-state index is 10.8. The van der Waals surface area contributed by atoms with Crippen LogP contribution in [0.25, 0.3) is 0 Å². The summed E-state index contributed by atoms with van der Waals surface area (Å²) in [5.41, 5.74) is 6.12. The van der Waals surface area contributed by atoms with Crippen molar-refractivity contribution in [1.29, 1.82) is 0 Å². The third kappa shape index (κ3) is 4.31. The third-order valence-electron chi connectivity index (χ3n) is 2.89. The van der Waals surface area contributed by atoms with Gasteiger partial charge in [-0.3, -0.25) is 4.79 Å². The van der Waals surface area contributed by atoms with Crippen LogP contribution in [0.4, 0.5) is 0 Å². The fraction of sp³-hybridized carbons (Fsp3) is 0.500. The van der Waals surface area contributed by atoms with Crippen LogP contribution in [0.5, 0.6) is 17.2 Å². The molecule has 6 heteroatoms. The van der Waals surface area contributed by atoms with Gasteiger partial charge in [0, 0.05) is 19.0 Å². The molecule has 0 bridgehead atoms. The van der Waals surface area contributed by atoms with Gasteiger partial charge in [-0.25, -0.2) is 0 Å². The van der Waals surface area contributed by atoms with Crippen molar-refractivity contribution in [2.75, 3.05) is 21.3 Å². The van der Waals surface area contributed by atoms with Crippen LogP contribution in [-0.2, 0) is 11.3 Å². The number of carbonyl (C=O) groups is 1. The first-order valence-electron chi connectivity index (χ1n) is 6.32. The predicted molar refractivity (Wildman–Crippen MR) is 76.2 cm³/mol. The second-order valence-electron chi connectivity index (χ2n) is 4.49. The minimum absolute atomic E-state index is 0.00610.